The first kappa shape index (κ1) is 10.9. The van der Waals surface area contributed by atoms with E-state index in [1.165, 1.54) is 0 Å². The zero-order chi connectivity index (χ0) is 9.56. The topological polar surface area (TPSA) is 118 Å². The highest BCUT2D eigenvalue weighted by Crippen LogP contribution is 1.89. The molecular weight excluding hydrogens is 162 g/mol. The van der Waals surface area contributed by atoms with E-state index >= 15 is 0 Å². The molecule has 0 aliphatic carbocycles. The number of hydrogen-bond donors (Lipinski definition) is 4. The summed E-state index contributed by atoms with van der Waals surface area (Å²) in [6.45, 7) is -0.00380. The second kappa shape index (κ2) is 5.50. The zero-order valence-corrected chi connectivity index (χ0v) is 6.62. The fourth-order valence-corrected chi connectivity index (χ4v) is 0.677. The van der Waals surface area contributed by atoms with Crippen molar-refractivity contribution in [1.29, 1.82) is 0 Å². The second-order valence-corrected chi connectivity index (χ2v) is 2.24. The van der Waals surface area contributed by atoms with Gasteiger partial charge in [-0.1, -0.05) is 0 Å². The maximum atomic E-state index is 10.7. The van der Waals surface area contributed by atoms with Crippen LogP contribution in [0.2, 0.25) is 0 Å². The molecule has 0 bridgehead atoms. The van der Waals surface area contributed by atoms with Gasteiger partial charge in [0.1, 0.15) is 6.04 Å². The number of aliphatic carboxylic acids is 1. The van der Waals surface area contributed by atoms with Gasteiger partial charge in [0.25, 0.3) is 0 Å². The number of nitrogens with one attached hydrogen (secondary N) is 1. The molecule has 1 atom stereocenters. The van der Waals surface area contributed by atoms with Crippen LogP contribution in [0.5, 0.6) is 0 Å². The van der Waals surface area contributed by atoms with Gasteiger partial charge in [0.05, 0.1) is 6.54 Å². The van der Waals surface area contributed by atoms with Crippen molar-refractivity contribution in [2.24, 2.45) is 11.5 Å². The summed E-state index contributed by atoms with van der Waals surface area (Å²) in [6, 6.07) is -0.925. The molecule has 0 radical (unpaired) electrons. The Morgan fingerprint density at radius 1 is 1.42 bits per heavy atom. The van der Waals surface area contributed by atoms with Crippen molar-refractivity contribution in [2.75, 3.05) is 13.1 Å². The van der Waals surface area contributed by atoms with Gasteiger partial charge in [0, 0.05) is 0 Å². The van der Waals surface area contributed by atoms with Crippen molar-refractivity contribution in [3.63, 3.8) is 0 Å². The minimum atomic E-state index is -1.10. The molecule has 70 valence electrons. The third-order valence-electron chi connectivity index (χ3n) is 1.27. The van der Waals surface area contributed by atoms with Crippen LogP contribution >= 0.6 is 0 Å². The molecule has 0 fully saturated rings. The monoisotopic (exact) mass is 175 g/mol. The van der Waals surface area contributed by atoms with Gasteiger partial charge < -0.3 is 21.9 Å². The summed E-state index contributed by atoms with van der Waals surface area (Å²) >= 11 is 0. The molecule has 0 aliphatic rings. The summed E-state index contributed by atoms with van der Waals surface area (Å²) in [7, 11) is 0. The molecule has 0 aliphatic heterocycles. The van der Waals surface area contributed by atoms with Crippen molar-refractivity contribution in [3.05, 3.63) is 0 Å². The Hall–Kier alpha value is -1.14. The van der Waals surface area contributed by atoms with Crippen molar-refractivity contribution >= 4 is 11.9 Å². The largest absolute Gasteiger partial charge is 0.480 e. The van der Waals surface area contributed by atoms with Crippen LogP contribution in [0.4, 0.5) is 0 Å². The molecule has 0 heterocycles. The third kappa shape index (κ3) is 3.89. The normalized spacial score (nSPS) is 12.2. The van der Waals surface area contributed by atoms with E-state index in [4.69, 9.17) is 16.6 Å². The average molecular weight is 175 g/mol. The highest BCUT2D eigenvalue weighted by Gasteiger charge is 2.17. The number of amides is 1. The Balaban J connectivity index is 3.95. The Kier molecular flexibility index (Phi) is 4.98. The van der Waals surface area contributed by atoms with Crippen LogP contribution in [0, 0.1) is 0 Å². The summed E-state index contributed by atoms with van der Waals surface area (Å²) in [6.07, 6.45) is 0.209. The number of carboxylic acids is 1. The number of carbonyl (C=O) groups is 2. The lowest BCUT2D eigenvalue weighted by Crippen LogP contribution is -2.44. The van der Waals surface area contributed by atoms with E-state index in [0.717, 1.165) is 0 Å². The van der Waals surface area contributed by atoms with Gasteiger partial charge in [-0.15, -0.1) is 0 Å². The average Bonchev–Trinajstić information content (AvgIpc) is 2.03. The Labute approximate surface area is 69.9 Å². The molecule has 6 N–H and O–H groups in total. The second-order valence-electron chi connectivity index (χ2n) is 2.24. The zero-order valence-electron chi connectivity index (χ0n) is 6.62. The lowest BCUT2D eigenvalue weighted by atomic mass is 10.2. The Morgan fingerprint density at radius 2 is 2.00 bits per heavy atom. The van der Waals surface area contributed by atoms with Gasteiger partial charge in [-0.2, -0.15) is 0 Å². The lowest BCUT2D eigenvalue weighted by molar-refractivity contribution is -0.141. The summed E-state index contributed by atoms with van der Waals surface area (Å²) in [5, 5.41) is 10.8. The summed E-state index contributed by atoms with van der Waals surface area (Å²) in [5.41, 5.74) is 10.1. The predicted octanol–water partition coefficient (Wildman–Crippen LogP) is -2.14. The van der Waals surface area contributed by atoms with E-state index in [2.05, 4.69) is 5.32 Å². The number of carbonyl (C=O) groups excluding carboxylic acids is 1. The minimum absolute atomic E-state index is 0.209. The fourth-order valence-electron chi connectivity index (χ4n) is 0.677. The van der Waals surface area contributed by atoms with E-state index in [0.29, 0.717) is 0 Å². The SMILES string of the molecule is NCC[C@H](NC(=O)CN)C(=O)O. The van der Waals surface area contributed by atoms with Gasteiger partial charge >= 0.3 is 5.97 Å². The summed E-state index contributed by atoms with van der Waals surface area (Å²) in [4.78, 5) is 21.1. The van der Waals surface area contributed by atoms with Gasteiger partial charge in [0.15, 0.2) is 0 Å². The van der Waals surface area contributed by atoms with Crippen molar-refractivity contribution in [2.45, 2.75) is 12.5 Å². The van der Waals surface area contributed by atoms with Crippen LogP contribution in [0.15, 0.2) is 0 Å². The standard InChI is InChI=1S/C6H13N3O3/c7-2-1-4(6(11)12)9-5(10)3-8/h4H,1-3,7-8H2,(H,9,10)(H,11,12)/t4-/m0/s1. The smallest absolute Gasteiger partial charge is 0.326 e. The molecule has 0 spiro atoms. The van der Waals surface area contributed by atoms with Crippen molar-refractivity contribution < 1.29 is 14.7 Å². The van der Waals surface area contributed by atoms with Crippen molar-refractivity contribution in [3.8, 4) is 0 Å². The molecule has 1 amide bonds. The minimum Gasteiger partial charge on any atom is -0.480 e. The molecule has 0 aromatic heterocycles. The van der Waals surface area contributed by atoms with Crippen LogP contribution in [0.3, 0.4) is 0 Å². The van der Waals surface area contributed by atoms with Crippen molar-refractivity contribution in [1.82, 2.24) is 5.32 Å². The molecular formula is C6H13N3O3. The van der Waals surface area contributed by atoms with Crippen LogP contribution in [0.25, 0.3) is 0 Å². The Bertz CT molecular complexity index is 169. The number of rotatable bonds is 5. The van der Waals surface area contributed by atoms with E-state index < -0.39 is 17.9 Å². The summed E-state index contributed by atoms with van der Waals surface area (Å²) < 4.78 is 0. The Morgan fingerprint density at radius 3 is 2.33 bits per heavy atom. The molecule has 0 aromatic rings. The van der Waals surface area contributed by atoms with Gasteiger partial charge in [-0.05, 0) is 13.0 Å². The van der Waals surface area contributed by atoms with Gasteiger partial charge in [-0.25, -0.2) is 4.79 Å². The first-order valence-corrected chi connectivity index (χ1v) is 3.54. The van der Waals surface area contributed by atoms with Crippen LogP contribution < -0.4 is 16.8 Å². The number of carboxylic acid groups (broad SMARTS) is 1. The summed E-state index contributed by atoms with van der Waals surface area (Å²) in [5.74, 6) is -1.59. The van der Waals surface area contributed by atoms with Crippen LogP contribution in [-0.2, 0) is 9.59 Å². The highest BCUT2D eigenvalue weighted by atomic mass is 16.4. The molecule has 12 heavy (non-hydrogen) atoms. The highest BCUT2D eigenvalue weighted by molar-refractivity contribution is 5.84. The van der Waals surface area contributed by atoms with Gasteiger partial charge in [0.2, 0.25) is 5.91 Å². The molecule has 6 heteroatoms. The van der Waals surface area contributed by atoms with Crippen LogP contribution in [-0.4, -0.2) is 36.1 Å². The first-order valence-electron chi connectivity index (χ1n) is 3.54. The fraction of sp³-hybridized carbons (Fsp3) is 0.667. The maximum Gasteiger partial charge on any atom is 0.326 e. The molecule has 0 unspecified atom stereocenters. The molecule has 0 saturated carbocycles. The maximum absolute atomic E-state index is 10.7. The molecule has 0 rings (SSSR count). The predicted molar refractivity (Wildman–Crippen MR) is 42.3 cm³/mol. The lowest BCUT2D eigenvalue weighted by Gasteiger charge is -2.11. The molecule has 0 aromatic carbocycles. The number of hydrogen-bond acceptors (Lipinski definition) is 4. The van der Waals surface area contributed by atoms with E-state index in [9.17, 15) is 9.59 Å². The molecule has 0 saturated heterocycles. The van der Waals surface area contributed by atoms with Gasteiger partial charge in [-0.3, -0.25) is 4.79 Å². The van der Waals surface area contributed by atoms with E-state index in [1.807, 2.05) is 0 Å². The van der Waals surface area contributed by atoms with E-state index in [1.54, 1.807) is 0 Å². The quantitative estimate of drug-likeness (QED) is 0.380. The first-order chi connectivity index (χ1) is 5.61. The van der Waals surface area contributed by atoms with Crippen LogP contribution in [0.1, 0.15) is 6.42 Å². The molecule has 6 nitrogen and oxygen atoms in total. The number of nitrogens with two attached hydrogens (primary N) is 2. The third-order valence-corrected chi connectivity index (χ3v) is 1.27. The van der Waals surface area contributed by atoms with E-state index in [-0.39, 0.29) is 19.5 Å².